The lowest BCUT2D eigenvalue weighted by atomic mass is 10.1. The van der Waals surface area contributed by atoms with Crippen molar-refractivity contribution in [2.75, 3.05) is 6.54 Å². The molecule has 1 amide bonds. The largest absolute Gasteiger partial charge is 0.392 e. The minimum absolute atomic E-state index is 0.0141. The summed E-state index contributed by atoms with van der Waals surface area (Å²) in [5.74, 6) is 0.0141. The van der Waals surface area contributed by atoms with Crippen molar-refractivity contribution in [2.45, 2.75) is 38.6 Å². The van der Waals surface area contributed by atoms with Crippen LogP contribution in [-0.2, 0) is 0 Å². The number of hydrogen-bond donors (Lipinski definition) is 1. The van der Waals surface area contributed by atoms with E-state index < -0.39 is 0 Å². The van der Waals surface area contributed by atoms with Crippen molar-refractivity contribution in [3.05, 3.63) is 33.8 Å². The van der Waals surface area contributed by atoms with Gasteiger partial charge in [-0.25, -0.2) is 0 Å². The molecular weight excluding hydrogens is 336 g/mol. The summed E-state index contributed by atoms with van der Waals surface area (Å²) in [5.41, 5.74) is 7.41. The van der Waals surface area contributed by atoms with Gasteiger partial charge in [0.1, 0.15) is 0 Å². The lowest BCUT2D eigenvalue weighted by Crippen LogP contribution is -2.43. The third-order valence-corrected chi connectivity index (χ3v) is 4.96. The van der Waals surface area contributed by atoms with Crippen LogP contribution in [0.4, 0.5) is 0 Å². The molecule has 0 radical (unpaired) electrons. The number of carbonyl (C=O) groups is 1. The first kappa shape index (κ1) is 15.4. The second-order valence-corrected chi connectivity index (χ2v) is 6.59. The van der Waals surface area contributed by atoms with E-state index in [1.54, 1.807) is 0 Å². The molecule has 20 heavy (non-hydrogen) atoms. The fourth-order valence-corrected chi connectivity index (χ4v) is 3.29. The average molecular weight is 355 g/mol. The number of rotatable bonds is 4. The molecule has 1 fully saturated rings. The molecule has 0 spiro atoms. The summed E-state index contributed by atoms with van der Waals surface area (Å²) in [6, 6.07) is 5.99. The highest BCUT2D eigenvalue weighted by molar-refractivity contribution is 9.10. The maximum atomic E-state index is 12.8. The highest BCUT2D eigenvalue weighted by Gasteiger charge is 2.28. The fourth-order valence-electron chi connectivity index (χ4n) is 2.72. The van der Waals surface area contributed by atoms with Crippen LogP contribution in [0.5, 0.6) is 0 Å². The van der Waals surface area contributed by atoms with E-state index in [0.29, 0.717) is 17.1 Å². The second kappa shape index (κ2) is 6.68. The number of nitrogens with two attached hydrogens (primary N) is 1. The molecule has 108 valence electrons. The second-order valence-electron chi connectivity index (χ2n) is 5.27. The molecule has 2 N–H and O–H groups in total. The normalized spacial score (nSPS) is 15.3. The summed E-state index contributed by atoms with van der Waals surface area (Å²) >= 11 is 8.52. The van der Waals surface area contributed by atoms with Gasteiger partial charge in [-0.3, -0.25) is 4.79 Å². The van der Waals surface area contributed by atoms with Crippen molar-refractivity contribution in [1.82, 2.24) is 4.90 Å². The van der Waals surface area contributed by atoms with Gasteiger partial charge >= 0.3 is 0 Å². The third kappa shape index (κ3) is 3.38. The molecule has 1 aromatic carbocycles. The van der Waals surface area contributed by atoms with Crippen LogP contribution in [0, 0.1) is 6.92 Å². The number of aryl methyl sites for hydroxylation is 1. The first-order valence-corrected chi connectivity index (χ1v) is 8.05. The first-order chi connectivity index (χ1) is 9.50. The number of hydrogen-bond acceptors (Lipinski definition) is 2. The van der Waals surface area contributed by atoms with Crippen LogP contribution < -0.4 is 5.73 Å². The third-order valence-electron chi connectivity index (χ3n) is 3.77. The maximum absolute atomic E-state index is 12.8. The molecule has 3 nitrogen and oxygen atoms in total. The highest BCUT2D eigenvalue weighted by Crippen LogP contribution is 2.28. The van der Waals surface area contributed by atoms with E-state index in [9.17, 15) is 4.79 Å². The van der Waals surface area contributed by atoms with Crippen LogP contribution in [-0.4, -0.2) is 28.4 Å². The van der Waals surface area contributed by atoms with E-state index in [1.807, 2.05) is 30.0 Å². The van der Waals surface area contributed by atoms with Gasteiger partial charge < -0.3 is 10.6 Å². The SMILES string of the molecule is Cc1cccc(C(=O)N(CC(N)=S)C2CCCC2)c1Br. The Balaban J connectivity index is 2.29. The molecule has 0 atom stereocenters. The topological polar surface area (TPSA) is 46.3 Å². The van der Waals surface area contributed by atoms with Gasteiger partial charge in [0.05, 0.1) is 17.1 Å². The Morgan fingerprint density at radius 1 is 1.45 bits per heavy atom. The van der Waals surface area contributed by atoms with Crippen LogP contribution in [0.25, 0.3) is 0 Å². The Labute approximate surface area is 133 Å². The van der Waals surface area contributed by atoms with Gasteiger partial charge in [-0.15, -0.1) is 0 Å². The number of halogens is 1. The van der Waals surface area contributed by atoms with Gasteiger partial charge in [0.15, 0.2) is 0 Å². The molecular formula is C15H19BrN2OS. The molecule has 0 unspecified atom stereocenters. The number of benzene rings is 1. The Hall–Kier alpha value is -0.940. The van der Waals surface area contributed by atoms with E-state index in [-0.39, 0.29) is 11.9 Å². The van der Waals surface area contributed by atoms with E-state index in [2.05, 4.69) is 15.9 Å². The van der Waals surface area contributed by atoms with Gasteiger partial charge in [0, 0.05) is 10.5 Å². The quantitative estimate of drug-likeness (QED) is 0.842. The average Bonchev–Trinajstić information content (AvgIpc) is 2.92. The lowest BCUT2D eigenvalue weighted by Gasteiger charge is -2.29. The van der Waals surface area contributed by atoms with Gasteiger partial charge in [0.2, 0.25) is 0 Å². The number of thiocarbonyl (C=S) groups is 1. The van der Waals surface area contributed by atoms with Crippen molar-refractivity contribution in [3.8, 4) is 0 Å². The summed E-state index contributed by atoms with van der Waals surface area (Å²) < 4.78 is 0.857. The van der Waals surface area contributed by atoms with Crippen LogP contribution in [0.1, 0.15) is 41.6 Å². The van der Waals surface area contributed by atoms with E-state index >= 15 is 0 Å². The molecule has 0 aromatic heterocycles. The summed E-state index contributed by atoms with van der Waals surface area (Å²) in [6.45, 7) is 2.34. The molecule has 0 aliphatic heterocycles. The summed E-state index contributed by atoms with van der Waals surface area (Å²) in [6.07, 6.45) is 4.41. The number of nitrogens with zero attached hydrogens (tertiary/aromatic N) is 1. The summed E-state index contributed by atoms with van der Waals surface area (Å²) in [7, 11) is 0. The molecule has 1 aliphatic rings. The van der Waals surface area contributed by atoms with Crippen LogP contribution in [0.3, 0.4) is 0 Å². The first-order valence-electron chi connectivity index (χ1n) is 6.85. The van der Waals surface area contributed by atoms with Crippen LogP contribution >= 0.6 is 28.1 Å². The summed E-state index contributed by atoms with van der Waals surface area (Å²) in [5, 5.41) is 0. The van der Waals surface area contributed by atoms with Crippen molar-refractivity contribution in [3.63, 3.8) is 0 Å². The molecule has 1 aromatic rings. The van der Waals surface area contributed by atoms with Crippen molar-refractivity contribution < 1.29 is 4.79 Å². The number of amides is 1. The van der Waals surface area contributed by atoms with Gasteiger partial charge in [-0.1, -0.05) is 37.2 Å². The molecule has 0 bridgehead atoms. The van der Waals surface area contributed by atoms with Crippen molar-refractivity contribution >= 4 is 39.0 Å². The zero-order chi connectivity index (χ0) is 14.7. The lowest BCUT2D eigenvalue weighted by molar-refractivity contribution is 0.0713. The van der Waals surface area contributed by atoms with Crippen molar-refractivity contribution in [1.29, 1.82) is 0 Å². The zero-order valence-corrected chi connectivity index (χ0v) is 14.0. The standard InChI is InChI=1S/C15H19BrN2OS/c1-10-5-4-8-12(14(10)16)15(19)18(9-13(17)20)11-6-2-3-7-11/h4-5,8,11H,2-3,6-7,9H2,1H3,(H2,17,20). The fraction of sp³-hybridized carbons (Fsp3) is 0.467. The molecule has 5 heteroatoms. The molecule has 1 saturated carbocycles. The Morgan fingerprint density at radius 2 is 2.10 bits per heavy atom. The van der Waals surface area contributed by atoms with Crippen LogP contribution in [0.15, 0.2) is 22.7 Å². The minimum atomic E-state index is 0.0141. The van der Waals surface area contributed by atoms with E-state index in [0.717, 1.165) is 22.9 Å². The molecule has 0 saturated heterocycles. The highest BCUT2D eigenvalue weighted by atomic mass is 79.9. The maximum Gasteiger partial charge on any atom is 0.255 e. The minimum Gasteiger partial charge on any atom is -0.392 e. The summed E-state index contributed by atoms with van der Waals surface area (Å²) in [4.78, 5) is 15.0. The predicted octanol–water partition coefficient (Wildman–Crippen LogP) is 3.43. The van der Waals surface area contributed by atoms with Gasteiger partial charge in [0.25, 0.3) is 5.91 Å². The van der Waals surface area contributed by atoms with Gasteiger partial charge in [-0.2, -0.15) is 0 Å². The zero-order valence-electron chi connectivity index (χ0n) is 11.6. The molecule has 0 heterocycles. The van der Waals surface area contributed by atoms with Crippen LogP contribution in [0.2, 0.25) is 0 Å². The van der Waals surface area contributed by atoms with Crippen molar-refractivity contribution in [2.24, 2.45) is 5.73 Å². The Bertz CT molecular complexity index is 527. The predicted molar refractivity (Wildman–Crippen MR) is 89.0 cm³/mol. The smallest absolute Gasteiger partial charge is 0.255 e. The number of carbonyl (C=O) groups excluding carboxylic acids is 1. The Kier molecular flexibility index (Phi) is 5.16. The van der Waals surface area contributed by atoms with E-state index in [4.69, 9.17) is 18.0 Å². The molecule has 2 rings (SSSR count). The van der Waals surface area contributed by atoms with E-state index in [1.165, 1.54) is 12.8 Å². The Morgan fingerprint density at radius 3 is 2.70 bits per heavy atom. The van der Waals surface area contributed by atoms with Gasteiger partial charge in [-0.05, 0) is 47.3 Å². The molecule has 1 aliphatic carbocycles. The monoisotopic (exact) mass is 354 g/mol.